The summed E-state index contributed by atoms with van der Waals surface area (Å²) < 4.78 is 1.82. The maximum atomic E-state index is 4.77. The molecule has 0 saturated carbocycles. The fraction of sp³-hybridized carbons (Fsp3) is 0.500. The zero-order chi connectivity index (χ0) is 18.0. The summed E-state index contributed by atoms with van der Waals surface area (Å²) in [5, 5.41) is 5.41. The van der Waals surface area contributed by atoms with Crippen LogP contribution in [0, 0.1) is 20.8 Å². The molecular weight excluding hydrogens is 328 g/mol. The van der Waals surface area contributed by atoms with Crippen LogP contribution in [0.15, 0.2) is 12.5 Å². The monoisotopic (exact) mass is 350 g/mol. The zero-order valence-electron chi connectivity index (χ0n) is 15.5. The number of nitrogens with zero attached hydrogens (tertiary/aromatic N) is 8. The van der Waals surface area contributed by atoms with Gasteiger partial charge in [-0.05, 0) is 27.2 Å². The second kappa shape index (κ2) is 5.36. The lowest BCUT2D eigenvalue weighted by Gasteiger charge is -2.57. The molecule has 3 aromatic rings. The van der Waals surface area contributed by atoms with Crippen LogP contribution in [0.3, 0.4) is 0 Å². The molecule has 6 heterocycles. The molecule has 0 N–H and O–H groups in total. The predicted octanol–water partition coefficient (Wildman–Crippen LogP) is 1.55. The lowest BCUT2D eigenvalue weighted by molar-refractivity contribution is 0.288. The molecule has 8 heteroatoms. The minimum absolute atomic E-state index is 0.445. The van der Waals surface area contributed by atoms with Crippen molar-refractivity contribution in [1.82, 2.24) is 29.7 Å². The average Bonchev–Trinajstić information content (AvgIpc) is 2.98. The SMILES string of the molecule is Cc1nc(N2C3CC2CN(c2ncnc(C)c2C)C3)c2cnn(C)c2n1. The van der Waals surface area contributed by atoms with Gasteiger partial charge in [-0.1, -0.05) is 0 Å². The third-order valence-corrected chi connectivity index (χ3v) is 5.73. The molecule has 0 spiro atoms. The molecule has 3 aromatic heterocycles. The van der Waals surface area contributed by atoms with Gasteiger partial charge in [0.25, 0.3) is 0 Å². The maximum Gasteiger partial charge on any atom is 0.163 e. The Bertz CT molecular complexity index is 998. The number of hydrogen-bond acceptors (Lipinski definition) is 7. The second-order valence-electron chi connectivity index (χ2n) is 7.36. The molecule has 6 rings (SSSR count). The molecule has 3 saturated heterocycles. The molecule has 0 aliphatic carbocycles. The molecule has 134 valence electrons. The first-order valence-electron chi connectivity index (χ1n) is 9.00. The minimum Gasteiger partial charge on any atom is -0.352 e. The summed E-state index contributed by atoms with van der Waals surface area (Å²) in [7, 11) is 1.93. The van der Waals surface area contributed by atoms with E-state index in [1.807, 2.05) is 31.8 Å². The van der Waals surface area contributed by atoms with Gasteiger partial charge in [-0.25, -0.2) is 19.9 Å². The lowest BCUT2D eigenvalue weighted by Crippen LogP contribution is -2.69. The smallest absolute Gasteiger partial charge is 0.163 e. The molecule has 0 amide bonds. The van der Waals surface area contributed by atoms with Crippen molar-refractivity contribution in [3.63, 3.8) is 0 Å². The van der Waals surface area contributed by atoms with Gasteiger partial charge in [0.15, 0.2) is 5.65 Å². The Morgan fingerprint density at radius 1 is 1.00 bits per heavy atom. The van der Waals surface area contributed by atoms with Crippen molar-refractivity contribution in [3.8, 4) is 0 Å². The van der Waals surface area contributed by atoms with E-state index in [1.165, 1.54) is 12.0 Å². The Morgan fingerprint density at radius 3 is 2.54 bits per heavy atom. The molecule has 3 aliphatic rings. The molecule has 3 aliphatic heterocycles. The van der Waals surface area contributed by atoms with Crippen molar-refractivity contribution in [2.45, 2.75) is 39.3 Å². The Kier molecular flexibility index (Phi) is 3.19. The van der Waals surface area contributed by atoms with Crippen molar-refractivity contribution in [2.75, 3.05) is 22.9 Å². The van der Waals surface area contributed by atoms with Crippen LogP contribution < -0.4 is 9.80 Å². The average molecular weight is 350 g/mol. The Morgan fingerprint density at radius 2 is 1.77 bits per heavy atom. The normalized spacial score (nSPS) is 22.0. The number of aromatic nitrogens is 6. The van der Waals surface area contributed by atoms with Crippen molar-refractivity contribution in [3.05, 3.63) is 29.6 Å². The van der Waals surface area contributed by atoms with Crippen LogP contribution >= 0.6 is 0 Å². The van der Waals surface area contributed by atoms with Crippen LogP contribution in [0.1, 0.15) is 23.5 Å². The number of fused-ring (bicyclic) bond motifs is 3. The van der Waals surface area contributed by atoms with Gasteiger partial charge in [0.2, 0.25) is 0 Å². The highest BCUT2D eigenvalue weighted by molar-refractivity contribution is 5.88. The van der Waals surface area contributed by atoms with E-state index in [2.05, 4.69) is 36.8 Å². The lowest BCUT2D eigenvalue weighted by atomic mass is 9.87. The van der Waals surface area contributed by atoms with Gasteiger partial charge in [0, 0.05) is 31.4 Å². The number of aryl methyl sites for hydroxylation is 3. The highest BCUT2D eigenvalue weighted by Crippen LogP contribution is 2.40. The van der Waals surface area contributed by atoms with Crippen molar-refractivity contribution >= 4 is 22.7 Å². The van der Waals surface area contributed by atoms with E-state index in [9.17, 15) is 0 Å². The van der Waals surface area contributed by atoms with Crippen molar-refractivity contribution < 1.29 is 0 Å². The van der Waals surface area contributed by atoms with E-state index >= 15 is 0 Å². The van der Waals surface area contributed by atoms with E-state index < -0.39 is 0 Å². The summed E-state index contributed by atoms with van der Waals surface area (Å²) in [5.74, 6) is 2.88. The first kappa shape index (κ1) is 15.5. The van der Waals surface area contributed by atoms with Crippen LogP contribution in [-0.2, 0) is 7.05 Å². The molecule has 2 unspecified atom stereocenters. The third kappa shape index (κ3) is 2.11. The van der Waals surface area contributed by atoms with E-state index in [0.29, 0.717) is 12.1 Å². The van der Waals surface area contributed by atoms with Gasteiger partial charge < -0.3 is 9.80 Å². The quantitative estimate of drug-likeness (QED) is 0.694. The van der Waals surface area contributed by atoms with E-state index in [0.717, 1.165) is 47.3 Å². The molecule has 0 radical (unpaired) electrons. The highest BCUT2D eigenvalue weighted by atomic mass is 15.4. The van der Waals surface area contributed by atoms with Crippen molar-refractivity contribution in [1.29, 1.82) is 0 Å². The molecule has 0 aromatic carbocycles. The van der Waals surface area contributed by atoms with E-state index in [4.69, 9.17) is 4.98 Å². The predicted molar refractivity (Wildman–Crippen MR) is 99.4 cm³/mol. The fourth-order valence-electron chi connectivity index (χ4n) is 4.28. The summed E-state index contributed by atoms with van der Waals surface area (Å²) in [4.78, 5) is 23.0. The van der Waals surface area contributed by atoms with Gasteiger partial charge in [0.05, 0.1) is 23.7 Å². The van der Waals surface area contributed by atoms with E-state index in [-0.39, 0.29) is 0 Å². The minimum atomic E-state index is 0.445. The van der Waals surface area contributed by atoms with Crippen LogP contribution in [0.5, 0.6) is 0 Å². The molecule has 26 heavy (non-hydrogen) atoms. The van der Waals surface area contributed by atoms with Gasteiger partial charge in [-0.15, -0.1) is 0 Å². The first-order chi connectivity index (χ1) is 12.5. The topological polar surface area (TPSA) is 75.9 Å². The van der Waals surface area contributed by atoms with Gasteiger partial charge in [-0.3, -0.25) is 4.68 Å². The Balaban J connectivity index is 1.48. The summed E-state index contributed by atoms with van der Waals surface area (Å²) in [6.45, 7) is 8.01. The largest absolute Gasteiger partial charge is 0.352 e. The zero-order valence-corrected chi connectivity index (χ0v) is 15.5. The summed E-state index contributed by atoms with van der Waals surface area (Å²) >= 11 is 0. The Labute approximate surface area is 151 Å². The summed E-state index contributed by atoms with van der Waals surface area (Å²) in [5.41, 5.74) is 3.12. The van der Waals surface area contributed by atoms with Crippen LogP contribution in [0.4, 0.5) is 11.6 Å². The Hall–Kier alpha value is -2.77. The number of piperidine rings is 1. The molecule has 2 bridgehead atoms. The standard InChI is InChI=1S/C18H22N8/c1-10-11(2)19-9-20-16(10)25-7-13-5-14(8-25)26(13)18-15-6-21-24(4)17(15)22-12(3)23-18/h6,9,13-14H,5,7-8H2,1-4H3. The molecule has 3 fully saturated rings. The third-order valence-electron chi connectivity index (χ3n) is 5.73. The molecular formula is C18H22N8. The number of hydrogen-bond donors (Lipinski definition) is 0. The fourth-order valence-corrected chi connectivity index (χ4v) is 4.28. The van der Waals surface area contributed by atoms with Crippen LogP contribution in [0.25, 0.3) is 11.0 Å². The van der Waals surface area contributed by atoms with Crippen LogP contribution in [0.2, 0.25) is 0 Å². The van der Waals surface area contributed by atoms with Gasteiger partial charge >= 0.3 is 0 Å². The number of anilines is 2. The van der Waals surface area contributed by atoms with Crippen LogP contribution in [-0.4, -0.2) is 54.9 Å². The first-order valence-corrected chi connectivity index (χ1v) is 9.00. The van der Waals surface area contributed by atoms with Crippen molar-refractivity contribution in [2.24, 2.45) is 7.05 Å². The highest BCUT2D eigenvalue weighted by Gasteiger charge is 2.46. The molecule has 8 nitrogen and oxygen atoms in total. The maximum absolute atomic E-state index is 4.77. The van der Waals surface area contributed by atoms with E-state index in [1.54, 1.807) is 6.33 Å². The second-order valence-corrected chi connectivity index (χ2v) is 7.36. The summed E-state index contributed by atoms with van der Waals surface area (Å²) in [6.07, 6.45) is 4.75. The number of rotatable bonds is 2. The summed E-state index contributed by atoms with van der Waals surface area (Å²) in [6, 6.07) is 0.891. The molecule has 2 atom stereocenters. The van der Waals surface area contributed by atoms with Gasteiger partial charge in [0.1, 0.15) is 23.8 Å². The van der Waals surface area contributed by atoms with Gasteiger partial charge in [-0.2, -0.15) is 5.10 Å². The number of piperazine rings is 1.